The molecule has 1 aromatic rings. The Bertz CT molecular complexity index is 393. The fourth-order valence-electron chi connectivity index (χ4n) is 1.42. The van der Waals surface area contributed by atoms with Gasteiger partial charge in [0, 0.05) is 0 Å². The van der Waals surface area contributed by atoms with Crippen molar-refractivity contribution in [2.75, 3.05) is 7.11 Å². The van der Waals surface area contributed by atoms with E-state index in [1.165, 1.54) is 19.2 Å². The van der Waals surface area contributed by atoms with E-state index in [2.05, 4.69) is 5.16 Å². The Morgan fingerprint density at radius 1 is 1.38 bits per heavy atom. The maximum Gasteiger partial charge on any atom is 0.123 e. The van der Waals surface area contributed by atoms with Gasteiger partial charge in [0.2, 0.25) is 0 Å². The van der Waals surface area contributed by atoms with Crippen molar-refractivity contribution in [2.45, 2.75) is 20.3 Å². The van der Waals surface area contributed by atoms with Crippen LogP contribution in [0.1, 0.15) is 25.8 Å². The number of oxime groups is 1. The Balaban J connectivity index is 2.91. The summed E-state index contributed by atoms with van der Waals surface area (Å²) in [4.78, 5) is 4.76. The summed E-state index contributed by atoms with van der Waals surface area (Å²) in [6, 6.07) is 6.36. The molecule has 0 aliphatic rings. The van der Waals surface area contributed by atoms with Gasteiger partial charge in [0.15, 0.2) is 0 Å². The van der Waals surface area contributed by atoms with Gasteiger partial charge < -0.3 is 4.84 Å². The van der Waals surface area contributed by atoms with Crippen LogP contribution in [-0.4, -0.2) is 12.8 Å². The molecule has 1 aromatic carbocycles. The molecule has 0 amide bonds. The molecular weight excluding hydrogens is 205 g/mol. The molecule has 0 N–H and O–H groups in total. The second-order valence-electron chi connectivity index (χ2n) is 3.45. The highest BCUT2D eigenvalue weighted by molar-refractivity contribution is 6.02. The summed E-state index contributed by atoms with van der Waals surface area (Å²) in [5, 5.41) is 3.93. The van der Waals surface area contributed by atoms with Crippen LogP contribution in [0.4, 0.5) is 4.39 Å². The second-order valence-corrected chi connectivity index (χ2v) is 3.45. The highest BCUT2D eigenvalue weighted by Gasteiger charge is 2.00. The minimum absolute atomic E-state index is 0.226. The first-order valence-corrected chi connectivity index (χ1v) is 5.21. The monoisotopic (exact) mass is 221 g/mol. The second kappa shape index (κ2) is 6.05. The number of halogens is 1. The average molecular weight is 221 g/mol. The van der Waals surface area contributed by atoms with E-state index in [0.29, 0.717) is 0 Å². The maximum atomic E-state index is 12.7. The van der Waals surface area contributed by atoms with Gasteiger partial charge >= 0.3 is 0 Å². The molecular formula is C13H16FNO. The van der Waals surface area contributed by atoms with Gasteiger partial charge in [-0.2, -0.15) is 0 Å². The zero-order chi connectivity index (χ0) is 12.0. The van der Waals surface area contributed by atoms with Crippen molar-refractivity contribution in [3.63, 3.8) is 0 Å². The topological polar surface area (TPSA) is 21.6 Å². The number of rotatable bonds is 4. The first-order chi connectivity index (χ1) is 7.67. The fraction of sp³-hybridized carbons (Fsp3) is 0.308. The van der Waals surface area contributed by atoms with Crippen molar-refractivity contribution >= 4 is 11.8 Å². The average Bonchev–Trinajstić information content (AvgIpc) is 2.29. The van der Waals surface area contributed by atoms with Gasteiger partial charge in [-0.1, -0.05) is 30.3 Å². The van der Waals surface area contributed by atoms with Crippen LogP contribution < -0.4 is 0 Å². The summed E-state index contributed by atoms with van der Waals surface area (Å²) in [6.07, 6.45) is 2.76. The molecule has 0 bridgehead atoms. The summed E-state index contributed by atoms with van der Waals surface area (Å²) in [7, 11) is 1.53. The molecule has 0 aliphatic heterocycles. The quantitative estimate of drug-likeness (QED) is 0.562. The van der Waals surface area contributed by atoms with Gasteiger partial charge in [0.05, 0.1) is 5.71 Å². The number of hydrogen-bond donors (Lipinski definition) is 0. The molecule has 0 fully saturated rings. The molecule has 16 heavy (non-hydrogen) atoms. The van der Waals surface area contributed by atoms with Crippen LogP contribution >= 0.6 is 0 Å². The largest absolute Gasteiger partial charge is 0.399 e. The molecule has 0 radical (unpaired) electrons. The lowest BCUT2D eigenvalue weighted by Gasteiger charge is -2.03. The molecule has 0 saturated heterocycles. The van der Waals surface area contributed by atoms with Gasteiger partial charge in [-0.25, -0.2) is 4.39 Å². The van der Waals surface area contributed by atoms with Crippen LogP contribution in [-0.2, 0) is 4.84 Å². The van der Waals surface area contributed by atoms with Crippen molar-refractivity contribution in [2.24, 2.45) is 5.16 Å². The molecule has 0 spiro atoms. The zero-order valence-corrected chi connectivity index (χ0v) is 9.83. The third-order valence-corrected chi connectivity index (χ3v) is 2.24. The molecule has 0 saturated carbocycles. The lowest BCUT2D eigenvalue weighted by atomic mass is 10.1. The highest BCUT2D eigenvalue weighted by Crippen LogP contribution is 2.10. The summed E-state index contributed by atoms with van der Waals surface area (Å²) >= 11 is 0. The number of benzene rings is 1. The minimum Gasteiger partial charge on any atom is -0.399 e. The number of hydrogen-bond acceptors (Lipinski definition) is 2. The van der Waals surface area contributed by atoms with E-state index in [1.54, 1.807) is 12.1 Å². The predicted octanol–water partition coefficient (Wildman–Crippen LogP) is 3.64. The fourth-order valence-corrected chi connectivity index (χ4v) is 1.42. The van der Waals surface area contributed by atoms with Crippen LogP contribution in [0.3, 0.4) is 0 Å². The third-order valence-electron chi connectivity index (χ3n) is 2.24. The lowest BCUT2D eigenvalue weighted by molar-refractivity contribution is 0.213. The summed E-state index contributed by atoms with van der Waals surface area (Å²) < 4.78 is 12.7. The Kier molecular flexibility index (Phi) is 4.70. The molecule has 0 atom stereocenters. The van der Waals surface area contributed by atoms with Gasteiger partial charge in [0.1, 0.15) is 12.9 Å². The first-order valence-electron chi connectivity index (χ1n) is 5.21. The van der Waals surface area contributed by atoms with Crippen molar-refractivity contribution in [3.05, 3.63) is 41.2 Å². The normalized spacial score (nSPS) is 12.8. The summed E-state index contributed by atoms with van der Waals surface area (Å²) in [6.45, 7) is 3.98. The molecule has 2 nitrogen and oxygen atoms in total. The van der Waals surface area contributed by atoms with E-state index >= 15 is 0 Å². The first kappa shape index (κ1) is 12.4. The Labute approximate surface area is 95.4 Å². The van der Waals surface area contributed by atoms with Crippen molar-refractivity contribution in [3.8, 4) is 0 Å². The molecule has 1 rings (SSSR count). The zero-order valence-electron chi connectivity index (χ0n) is 9.83. The van der Waals surface area contributed by atoms with E-state index < -0.39 is 0 Å². The Hall–Kier alpha value is -1.64. The van der Waals surface area contributed by atoms with Crippen molar-refractivity contribution in [1.82, 2.24) is 0 Å². The molecule has 0 aromatic heterocycles. The van der Waals surface area contributed by atoms with Gasteiger partial charge in [-0.15, -0.1) is 0 Å². The van der Waals surface area contributed by atoms with E-state index in [4.69, 9.17) is 4.84 Å². The molecule has 86 valence electrons. The molecule has 3 heteroatoms. The Morgan fingerprint density at radius 3 is 2.50 bits per heavy atom. The maximum absolute atomic E-state index is 12.7. The molecule has 0 aliphatic carbocycles. The number of allylic oxidation sites excluding steroid dienone is 1. The summed E-state index contributed by atoms with van der Waals surface area (Å²) in [5.74, 6) is -0.226. The van der Waals surface area contributed by atoms with Crippen LogP contribution in [0.5, 0.6) is 0 Å². The van der Waals surface area contributed by atoms with Crippen molar-refractivity contribution < 1.29 is 9.23 Å². The smallest absolute Gasteiger partial charge is 0.123 e. The lowest BCUT2D eigenvalue weighted by Crippen LogP contribution is -1.98. The minimum atomic E-state index is -0.226. The SMILES string of the molecule is CCC(=NOC)C(C)=Cc1ccc(F)cc1. The standard InChI is InChI=1S/C13H16FNO/c1-4-13(15-16-3)10(2)9-11-5-7-12(14)8-6-11/h5-9H,4H2,1-3H3. The van der Waals surface area contributed by atoms with Crippen LogP contribution in [0.2, 0.25) is 0 Å². The van der Waals surface area contributed by atoms with Crippen LogP contribution in [0.15, 0.2) is 35.0 Å². The summed E-state index contributed by atoms with van der Waals surface area (Å²) in [5.41, 5.74) is 2.87. The van der Waals surface area contributed by atoms with E-state index in [9.17, 15) is 4.39 Å². The third kappa shape index (κ3) is 3.50. The van der Waals surface area contributed by atoms with E-state index in [1.807, 2.05) is 19.9 Å². The van der Waals surface area contributed by atoms with Crippen LogP contribution in [0, 0.1) is 5.82 Å². The highest BCUT2D eigenvalue weighted by atomic mass is 19.1. The van der Waals surface area contributed by atoms with Gasteiger partial charge in [-0.3, -0.25) is 0 Å². The van der Waals surface area contributed by atoms with E-state index in [0.717, 1.165) is 23.3 Å². The van der Waals surface area contributed by atoms with Crippen LogP contribution in [0.25, 0.3) is 6.08 Å². The molecule has 0 unspecified atom stereocenters. The van der Waals surface area contributed by atoms with Gasteiger partial charge in [-0.05, 0) is 36.6 Å². The molecule has 0 heterocycles. The van der Waals surface area contributed by atoms with E-state index in [-0.39, 0.29) is 5.82 Å². The Morgan fingerprint density at radius 2 is 2.00 bits per heavy atom. The van der Waals surface area contributed by atoms with Crippen molar-refractivity contribution in [1.29, 1.82) is 0 Å². The predicted molar refractivity (Wildman–Crippen MR) is 64.8 cm³/mol. The number of nitrogens with zero attached hydrogens (tertiary/aromatic N) is 1. The van der Waals surface area contributed by atoms with Gasteiger partial charge in [0.25, 0.3) is 0 Å².